The number of rotatable bonds is 2. The number of carbonyl (C=O) groups excluding carboxylic acids is 1. The average Bonchev–Trinajstić information content (AvgIpc) is 3.14. The maximum atomic E-state index is 12.7. The summed E-state index contributed by atoms with van der Waals surface area (Å²) in [6, 6.07) is 5.20. The van der Waals surface area contributed by atoms with Gasteiger partial charge in [0.25, 0.3) is 5.91 Å². The largest absolute Gasteiger partial charge is 0.416 e. The van der Waals surface area contributed by atoms with E-state index >= 15 is 0 Å². The maximum Gasteiger partial charge on any atom is 0.416 e. The molecule has 0 aromatic carbocycles. The second-order valence-corrected chi connectivity index (χ2v) is 5.32. The Morgan fingerprint density at radius 2 is 2.26 bits per heavy atom. The Bertz CT molecular complexity index is 707. The number of hydrogen-bond acceptors (Lipinski definition) is 3. The molecule has 3 heterocycles. The lowest BCUT2D eigenvalue weighted by Gasteiger charge is -2.33. The highest BCUT2D eigenvalue weighted by molar-refractivity contribution is 5.93. The molecule has 2 aromatic heterocycles. The number of alkyl halides is 3. The first kappa shape index (κ1) is 15.6. The lowest BCUT2D eigenvalue weighted by Crippen LogP contribution is -2.51. The summed E-state index contributed by atoms with van der Waals surface area (Å²) >= 11 is 0. The van der Waals surface area contributed by atoms with Crippen LogP contribution >= 0.6 is 0 Å². The third-order valence-corrected chi connectivity index (χ3v) is 3.73. The highest BCUT2D eigenvalue weighted by atomic mass is 19.4. The zero-order valence-corrected chi connectivity index (χ0v) is 12.3. The van der Waals surface area contributed by atoms with E-state index in [0.717, 1.165) is 10.6 Å². The van der Waals surface area contributed by atoms with E-state index in [-0.39, 0.29) is 18.8 Å². The number of carbonyl (C=O) groups is 1. The Kier molecular flexibility index (Phi) is 3.88. The summed E-state index contributed by atoms with van der Waals surface area (Å²) in [4.78, 5) is 13.5. The van der Waals surface area contributed by atoms with Crippen molar-refractivity contribution in [2.75, 3.05) is 19.7 Å². The number of aromatic amines is 1. The average molecular weight is 328 g/mol. The lowest BCUT2D eigenvalue weighted by atomic mass is 10.2. The van der Waals surface area contributed by atoms with E-state index in [0.29, 0.717) is 5.69 Å². The Balaban J connectivity index is 1.76. The molecule has 1 aliphatic rings. The molecule has 3 rings (SSSR count). The number of ether oxygens (including phenoxy) is 1. The number of aryl methyl sites for hydroxylation is 1. The van der Waals surface area contributed by atoms with Gasteiger partial charge in [-0.2, -0.15) is 18.3 Å². The number of H-pyrrole nitrogens is 1. The number of amides is 1. The zero-order chi connectivity index (χ0) is 16.6. The number of nitrogens with one attached hydrogen (secondary N) is 1. The Morgan fingerprint density at radius 1 is 1.48 bits per heavy atom. The minimum Gasteiger partial charge on any atom is -0.365 e. The first-order valence-electron chi connectivity index (χ1n) is 7.01. The molecular weight excluding hydrogens is 313 g/mol. The van der Waals surface area contributed by atoms with E-state index in [1.807, 2.05) is 29.9 Å². The number of nitrogens with zero attached hydrogens (tertiary/aromatic N) is 3. The summed E-state index contributed by atoms with van der Waals surface area (Å²) in [5.74, 6) is -0.518. The molecule has 1 amide bonds. The van der Waals surface area contributed by atoms with Gasteiger partial charge in [0.15, 0.2) is 6.10 Å². The standard InChI is InChI=1S/C14H15F3N4O2/c1-20-4-2-3-11(20)9-7-10(19-18-9)13(22)21-5-6-23-12(8-21)14(15,16)17/h2-4,7,12H,5-6,8H2,1H3,(H,18,19)/t12-/m0/s1. The molecule has 0 saturated carbocycles. The molecule has 1 aliphatic heterocycles. The van der Waals surface area contributed by atoms with Crippen molar-refractivity contribution in [3.05, 3.63) is 30.1 Å². The fourth-order valence-corrected chi connectivity index (χ4v) is 2.49. The van der Waals surface area contributed by atoms with Crippen LogP contribution in [0.3, 0.4) is 0 Å². The predicted octanol–water partition coefficient (Wildman–Crippen LogP) is 1.82. The van der Waals surface area contributed by atoms with Crippen molar-refractivity contribution in [3.8, 4) is 11.4 Å². The van der Waals surface area contributed by atoms with E-state index < -0.39 is 24.7 Å². The normalized spacial score (nSPS) is 19.1. The molecule has 1 fully saturated rings. The third-order valence-electron chi connectivity index (χ3n) is 3.73. The summed E-state index contributed by atoms with van der Waals surface area (Å²) in [5, 5.41) is 6.65. The molecule has 2 aromatic rings. The van der Waals surface area contributed by atoms with E-state index in [9.17, 15) is 18.0 Å². The van der Waals surface area contributed by atoms with Gasteiger partial charge >= 0.3 is 6.18 Å². The van der Waals surface area contributed by atoms with Crippen molar-refractivity contribution in [2.45, 2.75) is 12.3 Å². The highest BCUT2D eigenvalue weighted by Crippen LogP contribution is 2.26. The van der Waals surface area contributed by atoms with E-state index in [1.54, 1.807) is 0 Å². The van der Waals surface area contributed by atoms with Crippen LogP contribution in [0.4, 0.5) is 13.2 Å². The molecule has 23 heavy (non-hydrogen) atoms. The summed E-state index contributed by atoms with van der Waals surface area (Å²) < 4.78 is 44.7. The Hall–Kier alpha value is -2.29. The van der Waals surface area contributed by atoms with Crippen molar-refractivity contribution in [1.29, 1.82) is 0 Å². The third kappa shape index (κ3) is 3.09. The first-order valence-corrected chi connectivity index (χ1v) is 7.01. The van der Waals surface area contributed by atoms with Gasteiger partial charge < -0.3 is 14.2 Å². The first-order chi connectivity index (χ1) is 10.9. The summed E-state index contributed by atoms with van der Waals surface area (Å²) in [6.07, 6.45) is -4.60. The van der Waals surface area contributed by atoms with Crippen molar-refractivity contribution in [1.82, 2.24) is 19.7 Å². The van der Waals surface area contributed by atoms with Crippen LogP contribution in [-0.4, -0.2) is 57.5 Å². The monoisotopic (exact) mass is 328 g/mol. The minimum atomic E-state index is -4.48. The summed E-state index contributed by atoms with van der Waals surface area (Å²) in [6.45, 7) is -0.542. The minimum absolute atomic E-state index is 0.115. The Labute approximate surface area is 129 Å². The van der Waals surface area contributed by atoms with Crippen LogP contribution in [0.5, 0.6) is 0 Å². The van der Waals surface area contributed by atoms with Gasteiger partial charge in [-0.25, -0.2) is 0 Å². The number of halogens is 3. The quantitative estimate of drug-likeness (QED) is 0.915. The predicted molar refractivity (Wildman–Crippen MR) is 74.7 cm³/mol. The Morgan fingerprint density at radius 3 is 2.91 bits per heavy atom. The van der Waals surface area contributed by atoms with Crippen LogP contribution in [0, 0.1) is 0 Å². The van der Waals surface area contributed by atoms with Crippen molar-refractivity contribution >= 4 is 5.91 Å². The van der Waals surface area contributed by atoms with Gasteiger partial charge in [-0.3, -0.25) is 9.89 Å². The van der Waals surface area contributed by atoms with E-state index in [2.05, 4.69) is 10.2 Å². The maximum absolute atomic E-state index is 12.7. The smallest absolute Gasteiger partial charge is 0.365 e. The molecular formula is C14H15F3N4O2. The van der Waals surface area contributed by atoms with Gasteiger partial charge in [0.05, 0.1) is 18.8 Å². The van der Waals surface area contributed by atoms with Crippen molar-refractivity contribution < 1.29 is 22.7 Å². The fraction of sp³-hybridized carbons (Fsp3) is 0.429. The summed E-state index contributed by atoms with van der Waals surface area (Å²) in [5.41, 5.74) is 1.51. The molecule has 0 aliphatic carbocycles. The molecule has 1 atom stereocenters. The summed E-state index contributed by atoms with van der Waals surface area (Å²) in [7, 11) is 1.83. The molecule has 0 bridgehead atoms. The van der Waals surface area contributed by atoms with Gasteiger partial charge in [-0.1, -0.05) is 0 Å². The second-order valence-electron chi connectivity index (χ2n) is 5.32. The molecule has 6 nitrogen and oxygen atoms in total. The number of morpholine rings is 1. The van der Waals surface area contributed by atoms with E-state index in [4.69, 9.17) is 4.74 Å². The SMILES string of the molecule is Cn1cccc1-c1cc(C(=O)N2CCO[C@H](C(F)(F)F)C2)[nH]n1. The zero-order valence-electron chi connectivity index (χ0n) is 12.3. The van der Waals surface area contributed by atoms with Crippen molar-refractivity contribution in [3.63, 3.8) is 0 Å². The van der Waals surface area contributed by atoms with Crippen LogP contribution in [-0.2, 0) is 11.8 Å². The number of aromatic nitrogens is 3. The van der Waals surface area contributed by atoms with Crippen LogP contribution in [0.1, 0.15) is 10.5 Å². The van der Waals surface area contributed by atoms with Crippen LogP contribution < -0.4 is 0 Å². The molecule has 0 spiro atoms. The van der Waals surface area contributed by atoms with E-state index in [1.165, 1.54) is 6.07 Å². The van der Waals surface area contributed by atoms with Crippen LogP contribution in [0.15, 0.2) is 24.4 Å². The molecule has 0 radical (unpaired) electrons. The fourth-order valence-electron chi connectivity index (χ4n) is 2.49. The topological polar surface area (TPSA) is 63.1 Å². The van der Waals surface area contributed by atoms with Gasteiger partial charge in [0.1, 0.15) is 11.4 Å². The number of hydrogen-bond donors (Lipinski definition) is 1. The van der Waals surface area contributed by atoms with Gasteiger partial charge in [0, 0.05) is 19.8 Å². The van der Waals surface area contributed by atoms with Crippen LogP contribution in [0.25, 0.3) is 11.4 Å². The molecule has 0 unspecified atom stereocenters. The van der Waals surface area contributed by atoms with Crippen LogP contribution in [0.2, 0.25) is 0 Å². The van der Waals surface area contributed by atoms with Crippen molar-refractivity contribution in [2.24, 2.45) is 7.05 Å². The van der Waals surface area contributed by atoms with Gasteiger partial charge in [0.2, 0.25) is 0 Å². The van der Waals surface area contributed by atoms with Gasteiger partial charge in [-0.05, 0) is 18.2 Å². The van der Waals surface area contributed by atoms with Gasteiger partial charge in [-0.15, -0.1) is 0 Å². The molecule has 1 N–H and O–H groups in total. The molecule has 124 valence electrons. The highest BCUT2D eigenvalue weighted by Gasteiger charge is 2.44. The molecule has 9 heteroatoms. The lowest BCUT2D eigenvalue weighted by molar-refractivity contribution is -0.233. The molecule has 1 saturated heterocycles. The second kappa shape index (κ2) is 5.73.